The number of nitriles is 1. The van der Waals surface area contributed by atoms with Gasteiger partial charge in [-0.3, -0.25) is 19.4 Å². The summed E-state index contributed by atoms with van der Waals surface area (Å²) in [5.74, 6) is -2.12. The highest BCUT2D eigenvalue weighted by Gasteiger charge is 2.40. The lowest BCUT2D eigenvalue weighted by atomic mass is 9.79. The molecule has 3 heterocycles. The van der Waals surface area contributed by atoms with Crippen molar-refractivity contribution in [1.82, 2.24) is 9.97 Å². The minimum Gasteiger partial charge on any atom is -0.466 e. The van der Waals surface area contributed by atoms with Gasteiger partial charge in [0.05, 0.1) is 24.2 Å². The predicted octanol–water partition coefficient (Wildman–Crippen LogP) is 2.62. The van der Waals surface area contributed by atoms with E-state index in [4.69, 9.17) is 4.74 Å². The first-order valence-corrected chi connectivity index (χ1v) is 12.5. The molecule has 1 fully saturated rings. The number of esters is 1. The Morgan fingerprint density at radius 3 is 2.42 bits per heavy atom. The Morgan fingerprint density at radius 2 is 1.83 bits per heavy atom. The van der Waals surface area contributed by atoms with Gasteiger partial charge in [0.1, 0.15) is 11.7 Å². The molecule has 36 heavy (non-hydrogen) atoms. The van der Waals surface area contributed by atoms with E-state index in [-0.39, 0.29) is 28.8 Å². The van der Waals surface area contributed by atoms with Crippen LogP contribution in [0.15, 0.2) is 29.1 Å². The third-order valence-electron chi connectivity index (χ3n) is 7.05. The molecule has 1 aromatic carbocycles. The number of carbonyl (C=O) groups excluding carboxylic acids is 2. The summed E-state index contributed by atoms with van der Waals surface area (Å²) in [5.41, 5.74) is 1.64. The van der Waals surface area contributed by atoms with Crippen molar-refractivity contribution < 1.29 is 14.3 Å². The van der Waals surface area contributed by atoms with Crippen LogP contribution in [0.5, 0.6) is 0 Å². The van der Waals surface area contributed by atoms with Crippen molar-refractivity contribution in [2.24, 2.45) is 11.8 Å². The second-order valence-corrected chi connectivity index (χ2v) is 9.00. The Balaban J connectivity index is 1.65. The van der Waals surface area contributed by atoms with Gasteiger partial charge in [-0.05, 0) is 51.3 Å². The second-order valence-electron chi connectivity index (χ2n) is 9.00. The summed E-state index contributed by atoms with van der Waals surface area (Å²) in [6, 6.07) is 9.73. The van der Waals surface area contributed by atoms with E-state index in [0.29, 0.717) is 44.0 Å². The van der Waals surface area contributed by atoms with E-state index in [1.165, 1.54) is 0 Å². The van der Waals surface area contributed by atoms with Gasteiger partial charge < -0.3 is 19.9 Å². The minimum atomic E-state index is -1.05. The topological polar surface area (TPSA) is 131 Å². The molecule has 2 aliphatic heterocycles. The van der Waals surface area contributed by atoms with Crippen molar-refractivity contribution in [2.45, 2.75) is 39.5 Å². The number of hydrogen-bond acceptors (Lipinski definition) is 8. The summed E-state index contributed by atoms with van der Waals surface area (Å²) in [4.78, 5) is 49.8. The second kappa shape index (κ2) is 10.8. The van der Waals surface area contributed by atoms with Gasteiger partial charge in [-0.25, -0.2) is 0 Å². The van der Waals surface area contributed by atoms with E-state index in [9.17, 15) is 19.6 Å². The maximum absolute atomic E-state index is 13.3. The fourth-order valence-electron chi connectivity index (χ4n) is 5.08. The summed E-state index contributed by atoms with van der Waals surface area (Å²) >= 11 is 0. The fraction of sp³-hybridized carbons (Fsp3) is 0.500. The van der Waals surface area contributed by atoms with E-state index >= 15 is 0 Å². The summed E-state index contributed by atoms with van der Waals surface area (Å²) in [5, 5.41) is 12.5. The van der Waals surface area contributed by atoms with Crippen LogP contribution in [0.1, 0.15) is 50.7 Å². The maximum Gasteiger partial charge on any atom is 0.309 e. The monoisotopic (exact) mass is 492 g/mol. The van der Waals surface area contributed by atoms with Crippen LogP contribution < -0.4 is 20.7 Å². The molecule has 0 aliphatic carbocycles. The number of hydrogen-bond donors (Lipinski definition) is 2. The lowest BCUT2D eigenvalue weighted by Gasteiger charge is -2.33. The van der Waals surface area contributed by atoms with E-state index in [2.05, 4.69) is 40.1 Å². The Labute approximate surface area is 210 Å². The summed E-state index contributed by atoms with van der Waals surface area (Å²) in [6.07, 6.45) is 1.17. The van der Waals surface area contributed by atoms with Gasteiger partial charge in [-0.1, -0.05) is 12.1 Å². The van der Waals surface area contributed by atoms with Gasteiger partial charge in [0, 0.05) is 37.8 Å². The highest BCUT2D eigenvalue weighted by molar-refractivity contribution is 5.98. The third kappa shape index (κ3) is 4.78. The van der Waals surface area contributed by atoms with Gasteiger partial charge >= 0.3 is 5.97 Å². The summed E-state index contributed by atoms with van der Waals surface area (Å²) in [6.45, 7) is 9.05. The van der Waals surface area contributed by atoms with Crippen LogP contribution in [0.3, 0.4) is 0 Å². The van der Waals surface area contributed by atoms with Crippen molar-refractivity contribution in [3.8, 4) is 6.07 Å². The summed E-state index contributed by atoms with van der Waals surface area (Å²) < 4.78 is 5.13. The standard InChI is InChI=1S/C26H32N6O4/c1-4-31(5-2)18-9-7-16(8-10-18)20-19(15-27)23(33)28-22-21(20)24(34)30-26(29-22)32-13-11-17(12-14-32)25(35)36-6-3/h7-10,17,19-20H,4-6,11-14H2,1-3H3,(H2,28,29,30,33,34). The van der Waals surface area contributed by atoms with E-state index in [1.807, 2.05) is 29.2 Å². The number of benzene rings is 1. The number of piperidine rings is 1. The zero-order valence-corrected chi connectivity index (χ0v) is 20.9. The molecular weight excluding hydrogens is 460 g/mol. The molecule has 0 bridgehead atoms. The van der Waals surface area contributed by atoms with Gasteiger partial charge in [0.25, 0.3) is 5.56 Å². The highest BCUT2D eigenvalue weighted by atomic mass is 16.5. The molecule has 10 nitrogen and oxygen atoms in total. The van der Waals surface area contributed by atoms with Crippen LogP contribution in [0.25, 0.3) is 0 Å². The first-order chi connectivity index (χ1) is 17.4. The quantitative estimate of drug-likeness (QED) is 0.564. The molecule has 1 saturated heterocycles. The molecule has 10 heteroatoms. The average molecular weight is 493 g/mol. The van der Waals surface area contributed by atoms with Gasteiger partial charge in [0.2, 0.25) is 11.9 Å². The van der Waals surface area contributed by atoms with E-state index in [1.54, 1.807) is 6.92 Å². The Hall–Kier alpha value is -3.87. The molecule has 1 amide bonds. The number of H-pyrrole nitrogens is 1. The molecule has 2 aliphatic rings. The van der Waals surface area contributed by atoms with Crippen molar-refractivity contribution >= 4 is 29.3 Å². The van der Waals surface area contributed by atoms with Crippen LogP contribution >= 0.6 is 0 Å². The molecule has 4 rings (SSSR count). The Kier molecular flexibility index (Phi) is 7.58. The normalized spacial score (nSPS) is 19.7. The zero-order valence-electron chi connectivity index (χ0n) is 20.9. The lowest BCUT2D eigenvalue weighted by molar-refractivity contribution is -0.148. The molecular formula is C26H32N6O4. The Bertz CT molecular complexity index is 1210. The van der Waals surface area contributed by atoms with Crippen LogP contribution in [0.4, 0.5) is 17.5 Å². The minimum absolute atomic E-state index is 0.176. The molecule has 2 atom stereocenters. The highest BCUT2D eigenvalue weighted by Crippen LogP contribution is 2.39. The number of anilines is 3. The van der Waals surface area contributed by atoms with Crippen molar-refractivity contribution in [1.29, 1.82) is 5.26 Å². The SMILES string of the molecule is CCOC(=O)C1CCN(c2nc3c(c(=O)[nH]2)C(c2ccc(N(CC)CC)cc2)C(C#N)C(=O)N3)CC1. The number of rotatable bonds is 7. The maximum atomic E-state index is 13.3. The fourth-order valence-corrected chi connectivity index (χ4v) is 5.08. The van der Waals surface area contributed by atoms with Gasteiger partial charge in [0.15, 0.2) is 0 Å². The molecule has 1 aromatic heterocycles. The average Bonchev–Trinajstić information content (AvgIpc) is 2.89. The number of nitrogens with one attached hydrogen (secondary N) is 2. The van der Waals surface area contributed by atoms with Gasteiger partial charge in [-0.15, -0.1) is 0 Å². The summed E-state index contributed by atoms with van der Waals surface area (Å²) in [7, 11) is 0. The Morgan fingerprint density at radius 1 is 1.17 bits per heavy atom. The number of amides is 1. The zero-order chi connectivity index (χ0) is 25.8. The third-order valence-corrected chi connectivity index (χ3v) is 7.05. The first-order valence-electron chi connectivity index (χ1n) is 12.5. The van der Waals surface area contributed by atoms with Crippen molar-refractivity contribution in [3.05, 3.63) is 45.7 Å². The van der Waals surface area contributed by atoms with Crippen molar-refractivity contribution in [2.75, 3.05) is 47.9 Å². The van der Waals surface area contributed by atoms with Crippen molar-refractivity contribution in [3.63, 3.8) is 0 Å². The number of fused-ring (bicyclic) bond motifs is 1. The molecule has 2 unspecified atom stereocenters. The number of aromatic nitrogens is 2. The van der Waals surface area contributed by atoms with Crippen LogP contribution in [-0.2, 0) is 14.3 Å². The molecule has 0 spiro atoms. The van der Waals surface area contributed by atoms with E-state index in [0.717, 1.165) is 18.8 Å². The molecule has 0 saturated carbocycles. The van der Waals surface area contributed by atoms with Crippen LogP contribution in [0.2, 0.25) is 0 Å². The first kappa shape index (κ1) is 25.2. The van der Waals surface area contributed by atoms with Crippen LogP contribution in [0, 0.1) is 23.2 Å². The smallest absolute Gasteiger partial charge is 0.309 e. The number of ether oxygens (including phenoxy) is 1. The molecule has 0 radical (unpaired) electrons. The predicted molar refractivity (Wildman–Crippen MR) is 136 cm³/mol. The number of aromatic amines is 1. The lowest BCUT2D eigenvalue weighted by Crippen LogP contribution is -2.41. The molecule has 2 aromatic rings. The molecule has 2 N–H and O–H groups in total. The number of nitrogens with zero attached hydrogens (tertiary/aromatic N) is 4. The number of carbonyl (C=O) groups is 2. The largest absolute Gasteiger partial charge is 0.466 e. The van der Waals surface area contributed by atoms with E-state index < -0.39 is 17.7 Å². The van der Waals surface area contributed by atoms with Gasteiger partial charge in [-0.2, -0.15) is 10.2 Å². The molecule has 190 valence electrons. The van der Waals surface area contributed by atoms with Crippen LogP contribution in [-0.4, -0.2) is 54.6 Å².